The molecule has 0 aromatic carbocycles. The molecule has 0 aliphatic heterocycles. The second kappa shape index (κ2) is 5.61. The fraction of sp³-hybridized carbons (Fsp3) is 0.375. The first-order valence-electron chi connectivity index (χ1n) is 4.45. The fourth-order valence-corrected chi connectivity index (χ4v) is 1.47. The van der Waals surface area contributed by atoms with Crippen LogP contribution in [0.15, 0.2) is 15.5 Å². The number of anilines is 1. The zero-order valence-electron chi connectivity index (χ0n) is 8.31. The Labute approximate surface area is 99.4 Å². The van der Waals surface area contributed by atoms with Gasteiger partial charge in [-0.15, -0.1) is 0 Å². The van der Waals surface area contributed by atoms with Crippen LogP contribution < -0.4 is 16.6 Å². The monoisotopic (exact) mass is 290 g/mol. The van der Waals surface area contributed by atoms with E-state index in [4.69, 9.17) is 10.8 Å². The van der Waals surface area contributed by atoms with Crippen molar-refractivity contribution in [3.05, 3.63) is 21.0 Å². The molecule has 0 bridgehead atoms. The molecule has 0 spiro atoms. The average molecular weight is 291 g/mol. The van der Waals surface area contributed by atoms with Gasteiger partial charge in [-0.1, -0.05) is 0 Å². The van der Waals surface area contributed by atoms with Gasteiger partial charge >= 0.3 is 0 Å². The van der Waals surface area contributed by atoms with Crippen LogP contribution in [0, 0.1) is 0 Å². The van der Waals surface area contributed by atoms with E-state index in [0.29, 0.717) is 5.69 Å². The number of aliphatic hydroxyl groups is 1. The number of primary amides is 1. The van der Waals surface area contributed by atoms with Gasteiger partial charge in [0.1, 0.15) is 4.47 Å². The van der Waals surface area contributed by atoms with Crippen LogP contribution in [0.4, 0.5) is 5.69 Å². The lowest BCUT2D eigenvalue weighted by Crippen LogP contribution is -2.27. The molecule has 16 heavy (non-hydrogen) atoms. The third kappa shape index (κ3) is 3.04. The van der Waals surface area contributed by atoms with Gasteiger partial charge in [0, 0.05) is 0 Å². The van der Waals surface area contributed by atoms with Crippen molar-refractivity contribution >= 4 is 27.5 Å². The average Bonchev–Trinajstić information content (AvgIpc) is 2.24. The zero-order valence-corrected chi connectivity index (χ0v) is 9.90. The third-order valence-corrected chi connectivity index (χ3v) is 2.52. The molecule has 4 N–H and O–H groups in total. The number of aliphatic hydroxyl groups excluding tert-OH is 1. The molecule has 0 unspecified atom stereocenters. The third-order valence-electron chi connectivity index (χ3n) is 1.75. The summed E-state index contributed by atoms with van der Waals surface area (Å²) < 4.78 is 1.36. The predicted molar refractivity (Wildman–Crippen MR) is 61.0 cm³/mol. The van der Waals surface area contributed by atoms with Gasteiger partial charge in [-0.25, -0.2) is 4.68 Å². The van der Waals surface area contributed by atoms with Crippen LogP contribution in [0.1, 0.15) is 0 Å². The van der Waals surface area contributed by atoms with E-state index in [-0.39, 0.29) is 29.7 Å². The number of carbonyl (C=O) groups excluding carboxylic acids is 1. The summed E-state index contributed by atoms with van der Waals surface area (Å²) in [6.07, 6.45) is 1.38. The standard InChI is InChI=1S/C8H11BrN4O3/c9-7-5(11-4-6(10)15)3-12-13(1-2-14)8(7)16/h3,11,14H,1-2,4H2,(H2,10,15). The van der Waals surface area contributed by atoms with Crippen molar-refractivity contribution in [2.24, 2.45) is 5.73 Å². The summed E-state index contributed by atoms with van der Waals surface area (Å²) in [7, 11) is 0. The molecule has 0 radical (unpaired) electrons. The molecule has 0 aliphatic carbocycles. The van der Waals surface area contributed by atoms with E-state index in [0.717, 1.165) is 4.68 Å². The summed E-state index contributed by atoms with van der Waals surface area (Å²) in [4.78, 5) is 22.2. The van der Waals surface area contributed by atoms with Crippen molar-refractivity contribution in [2.45, 2.75) is 6.54 Å². The molecule has 0 saturated carbocycles. The van der Waals surface area contributed by atoms with E-state index in [2.05, 4.69) is 26.3 Å². The molecule has 1 aromatic rings. The molecular weight excluding hydrogens is 280 g/mol. The van der Waals surface area contributed by atoms with Crippen molar-refractivity contribution < 1.29 is 9.90 Å². The summed E-state index contributed by atoms with van der Waals surface area (Å²) in [5.74, 6) is -0.536. The van der Waals surface area contributed by atoms with Crippen LogP contribution >= 0.6 is 15.9 Å². The van der Waals surface area contributed by atoms with E-state index in [1.165, 1.54) is 6.20 Å². The van der Waals surface area contributed by atoms with E-state index in [9.17, 15) is 9.59 Å². The van der Waals surface area contributed by atoms with Crippen LogP contribution in [-0.2, 0) is 11.3 Å². The minimum Gasteiger partial charge on any atom is -0.394 e. The van der Waals surface area contributed by atoms with E-state index < -0.39 is 5.91 Å². The Kier molecular flexibility index (Phi) is 4.44. The summed E-state index contributed by atoms with van der Waals surface area (Å²) in [6.45, 7) is -0.134. The maximum Gasteiger partial charge on any atom is 0.283 e. The number of halogens is 1. The summed E-state index contributed by atoms with van der Waals surface area (Å²) >= 11 is 3.08. The molecular formula is C8H11BrN4O3. The maximum absolute atomic E-state index is 11.6. The van der Waals surface area contributed by atoms with Gasteiger partial charge in [0.2, 0.25) is 5.91 Å². The number of carbonyl (C=O) groups is 1. The van der Waals surface area contributed by atoms with Gasteiger partial charge in [-0.05, 0) is 15.9 Å². The molecule has 0 atom stereocenters. The fourth-order valence-electron chi connectivity index (χ4n) is 1.02. The Bertz CT molecular complexity index is 445. The van der Waals surface area contributed by atoms with Crippen molar-refractivity contribution in [1.29, 1.82) is 0 Å². The smallest absolute Gasteiger partial charge is 0.283 e. The predicted octanol–water partition coefficient (Wildman–Crippen LogP) is -1.10. The van der Waals surface area contributed by atoms with Gasteiger partial charge in [-0.3, -0.25) is 9.59 Å². The molecule has 88 valence electrons. The number of amides is 1. The lowest BCUT2D eigenvalue weighted by molar-refractivity contribution is -0.116. The van der Waals surface area contributed by atoms with Gasteiger partial charge < -0.3 is 16.2 Å². The van der Waals surface area contributed by atoms with Crippen LogP contribution in [-0.4, -0.2) is 33.9 Å². The van der Waals surface area contributed by atoms with Gasteiger partial charge in [0.15, 0.2) is 0 Å². The number of hydrogen-bond donors (Lipinski definition) is 3. The molecule has 0 fully saturated rings. The molecule has 1 amide bonds. The molecule has 0 aliphatic rings. The van der Waals surface area contributed by atoms with Crippen molar-refractivity contribution in [3.8, 4) is 0 Å². The minimum atomic E-state index is -0.536. The molecule has 1 heterocycles. The van der Waals surface area contributed by atoms with Crippen molar-refractivity contribution in [1.82, 2.24) is 9.78 Å². The summed E-state index contributed by atoms with van der Waals surface area (Å²) in [5.41, 5.74) is 4.95. The zero-order chi connectivity index (χ0) is 12.1. The number of aromatic nitrogens is 2. The van der Waals surface area contributed by atoms with E-state index >= 15 is 0 Å². The number of rotatable bonds is 5. The lowest BCUT2D eigenvalue weighted by Gasteiger charge is -2.08. The molecule has 1 aromatic heterocycles. The topological polar surface area (TPSA) is 110 Å². The van der Waals surface area contributed by atoms with E-state index in [1.54, 1.807) is 0 Å². The molecule has 1 rings (SSSR count). The Hall–Kier alpha value is -1.41. The van der Waals surface area contributed by atoms with Crippen molar-refractivity contribution in [3.63, 3.8) is 0 Å². The second-order valence-electron chi connectivity index (χ2n) is 2.94. The molecule has 8 heteroatoms. The Morgan fingerprint density at radius 2 is 2.38 bits per heavy atom. The molecule has 7 nitrogen and oxygen atoms in total. The quantitative estimate of drug-likeness (QED) is 0.637. The Morgan fingerprint density at radius 1 is 1.69 bits per heavy atom. The first kappa shape index (κ1) is 12.7. The highest BCUT2D eigenvalue weighted by molar-refractivity contribution is 9.10. The summed E-state index contributed by atoms with van der Waals surface area (Å²) in [5, 5.41) is 15.2. The van der Waals surface area contributed by atoms with Crippen LogP contribution in [0.5, 0.6) is 0 Å². The Balaban J connectivity index is 2.93. The van der Waals surface area contributed by atoms with Gasteiger partial charge in [0.25, 0.3) is 5.56 Å². The number of nitrogens with one attached hydrogen (secondary N) is 1. The van der Waals surface area contributed by atoms with E-state index in [1.807, 2.05) is 0 Å². The highest BCUT2D eigenvalue weighted by atomic mass is 79.9. The van der Waals surface area contributed by atoms with Crippen LogP contribution in [0.3, 0.4) is 0 Å². The van der Waals surface area contributed by atoms with Crippen LogP contribution in [0.25, 0.3) is 0 Å². The number of hydrogen-bond acceptors (Lipinski definition) is 5. The Morgan fingerprint density at radius 3 is 2.94 bits per heavy atom. The normalized spacial score (nSPS) is 10.1. The highest BCUT2D eigenvalue weighted by Gasteiger charge is 2.08. The van der Waals surface area contributed by atoms with Crippen LogP contribution in [0.2, 0.25) is 0 Å². The summed E-state index contributed by atoms with van der Waals surface area (Å²) in [6, 6.07) is 0. The SMILES string of the molecule is NC(=O)CNc1cnn(CCO)c(=O)c1Br. The van der Waals surface area contributed by atoms with Gasteiger partial charge in [-0.2, -0.15) is 5.10 Å². The largest absolute Gasteiger partial charge is 0.394 e. The van der Waals surface area contributed by atoms with Gasteiger partial charge in [0.05, 0.1) is 31.6 Å². The first-order valence-corrected chi connectivity index (χ1v) is 5.24. The number of nitrogens with two attached hydrogens (primary N) is 1. The number of nitrogens with zero attached hydrogens (tertiary/aromatic N) is 2. The highest BCUT2D eigenvalue weighted by Crippen LogP contribution is 2.15. The first-order chi connectivity index (χ1) is 7.56. The minimum absolute atomic E-state index is 0.0796. The maximum atomic E-state index is 11.6. The van der Waals surface area contributed by atoms with Crippen molar-refractivity contribution in [2.75, 3.05) is 18.5 Å². The molecule has 0 saturated heterocycles. The second-order valence-corrected chi connectivity index (χ2v) is 3.74. The lowest BCUT2D eigenvalue weighted by atomic mass is 10.4.